The number of aryl methyl sites for hydroxylation is 2. The molecule has 2 N–H and O–H groups in total. The number of rotatable bonds is 8. The molecule has 32 heavy (non-hydrogen) atoms. The Kier molecular flexibility index (Phi) is 8.24. The molecule has 0 spiro atoms. The van der Waals surface area contributed by atoms with Crippen LogP contribution in [0.3, 0.4) is 0 Å². The van der Waals surface area contributed by atoms with Crippen LogP contribution < -0.4 is 10.6 Å². The SMILES string of the molecule is COC(=O)CNC(=O)C(c1cc(C)cc(C)c1)N(C(=O)CNC(=O)OC(C)(C)C)C1CC1. The number of hydrogen-bond acceptors (Lipinski definition) is 6. The van der Waals surface area contributed by atoms with Crippen LogP contribution in [0.2, 0.25) is 0 Å². The van der Waals surface area contributed by atoms with Gasteiger partial charge in [0.15, 0.2) is 0 Å². The molecule has 176 valence electrons. The van der Waals surface area contributed by atoms with Crippen LogP contribution in [0.15, 0.2) is 18.2 Å². The molecule has 1 fully saturated rings. The van der Waals surface area contributed by atoms with E-state index in [9.17, 15) is 19.2 Å². The molecule has 0 aromatic heterocycles. The molecule has 9 nitrogen and oxygen atoms in total. The molecule has 1 aliphatic rings. The number of carbonyl (C=O) groups excluding carboxylic acids is 4. The minimum atomic E-state index is -0.946. The Hall–Kier alpha value is -3.10. The predicted octanol–water partition coefficient (Wildman–Crippen LogP) is 2.15. The van der Waals surface area contributed by atoms with Crippen LogP contribution in [0, 0.1) is 13.8 Å². The summed E-state index contributed by atoms with van der Waals surface area (Å²) in [6, 6.07) is 4.59. The van der Waals surface area contributed by atoms with Crippen molar-refractivity contribution >= 4 is 23.9 Å². The smallest absolute Gasteiger partial charge is 0.408 e. The highest BCUT2D eigenvalue weighted by atomic mass is 16.6. The number of alkyl carbamates (subject to hydrolysis) is 1. The van der Waals surface area contributed by atoms with Gasteiger partial charge in [-0.1, -0.05) is 29.3 Å². The summed E-state index contributed by atoms with van der Waals surface area (Å²) in [6.45, 7) is 8.39. The zero-order valence-corrected chi connectivity index (χ0v) is 19.6. The fourth-order valence-electron chi connectivity index (χ4n) is 3.40. The topological polar surface area (TPSA) is 114 Å². The van der Waals surface area contributed by atoms with Gasteiger partial charge in [0.2, 0.25) is 11.8 Å². The molecule has 0 radical (unpaired) electrons. The van der Waals surface area contributed by atoms with Crippen LogP contribution in [-0.2, 0) is 23.9 Å². The van der Waals surface area contributed by atoms with Crippen molar-refractivity contribution in [2.24, 2.45) is 0 Å². The summed E-state index contributed by atoms with van der Waals surface area (Å²) in [6.07, 6.45) is 0.799. The van der Waals surface area contributed by atoms with Gasteiger partial charge in [0.1, 0.15) is 24.7 Å². The van der Waals surface area contributed by atoms with Gasteiger partial charge < -0.3 is 25.0 Å². The highest BCUT2D eigenvalue weighted by molar-refractivity contribution is 5.92. The lowest BCUT2D eigenvalue weighted by Crippen LogP contribution is -2.49. The predicted molar refractivity (Wildman–Crippen MR) is 118 cm³/mol. The van der Waals surface area contributed by atoms with Gasteiger partial charge in [-0.3, -0.25) is 14.4 Å². The van der Waals surface area contributed by atoms with Gasteiger partial charge in [0.25, 0.3) is 0 Å². The van der Waals surface area contributed by atoms with Crippen molar-refractivity contribution in [2.75, 3.05) is 20.2 Å². The zero-order valence-electron chi connectivity index (χ0n) is 19.6. The van der Waals surface area contributed by atoms with Crippen molar-refractivity contribution in [3.63, 3.8) is 0 Å². The van der Waals surface area contributed by atoms with Gasteiger partial charge in [0.05, 0.1) is 7.11 Å². The number of hydrogen-bond donors (Lipinski definition) is 2. The molecule has 0 aliphatic heterocycles. The Morgan fingerprint density at radius 2 is 1.62 bits per heavy atom. The first-order valence-electron chi connectivity index (χ1n) is 10.6. The van der Waals surface area contributed by atoms with Crippen LogP contribution in [0.25, 0.3) is 0 Å². The quantitative estimate of drug-likeness (QED) is 0.590. The summed E-state index contributed by atoms with van der Waals surface area (Å²) in [4.78, 5) is 51.4. The summed E-state index contributed by atoms with van der Waals surface area (Å²) >= 11 is 0. The Morgan fingerprint density at radius 1 is 1.03 bits per heavy atom. The molecular weight excluding hydrogens is 414 g/mol. The fraction of sp³-hybridized carbons (Fsp3) is 0.565. The molecule has 0 heterocycles. The first kappa shape index (κ1) is 25.2. The van der Waals surface area contributed by atoms with Crippen molar-refractivity contribution in [1.82, 2.24) is 15.5 Å². The number of benzene rings is 1. The first-order chi connectivity index (χ1) is 14.9. The minimum absolute atomic E-state index is 0.127. The molecular formula is C23H33N3O6. The van der Waals surface area contributed by atoms with Crippen molar-refractivity contribution in [2.45, 2.75) is 65.1 Å². The fourth-order valence-corrected chi connectivity index (χ4v) is 3.40. The number of carbonyl (C=O) groups is 4. The maximum absolute atomic E-state index is 13.2. The van der Waals surface area contributed by atoms with E-state index in [1.165, 1.54) is 12.0 Å². The third-order valence-electron chi connectivity index (χ3n) is 4.73. The van der Waals surface area contributed by atoms with Crippen molar-refractivity contribution in [1.29, 1.82) is 0 Å². The van der Waals surface area contributed by atoms with E-state index in [-0.39, 0.29) is 19.1 Å². The Morgan fingerprint density at radius 3 is 2.12 bits per heavy atom. The van der Waals surface area contributed by atoms with Gasteiger partial charge in [-0.25, -0.2) is 4.79 Å². The third-order valence-corrected chi connectivity index (χ3v) is 4.73. The molecule has 1 aromatic rings. The largest absolute Gasteiger partial charge is 0.468 e. The van der Waals surface area contributed by atoms with E-state index in [1.807, 2.05) is 32.0 Å². The number of methoxy groups -OCH3 is 1. The monoisotopic (exact) mass is 447 g/mol. The number of nitrogens with zero attached hydrogens (tertiary/aromatic N) is 1. The van der Waals surface area contributed by atoms with Gasteiger partial charge in [-0.05, 0) is 53.0 Å². The minimum Gasteiger partial charge on any atom is -0.468 e. The van der Waals surface area contributed by atoms with E-state index in [0.717, 1.165) is 24.0 Å². The maximum Gasteiger partial charge on any atom is 0.408 e. The summed E-state index contributed by atoms with van der Waals surface area (Å²) in [5.41, 5.74) is 1.84. The molecule has 1 aliphatic carbocycles. The molecule has 1 unspecified atom stereocenters. The Labute approximate surface area is 188 Å². The second kappa shape index (κ2) is 10.5. The zero-order chi connectivity index (χ0) is 24.1. The van der Waals surface area contributed by atoms with E-state index in [4.69, 9.17) is 4.74 Å². The first-order valence-corrected chi connectivity index (χ1v) is 10.6. The highest BCUT2D eigenvalue weighted by Crippen LogP contribution is 2.35. The molecule has 0 saturated heterocycles. The number of amides is 3. The van der Waals surface area contributed by atoms with E-state index in [1.54, 1.807) is 20.8 Å². The molecule has 1 aromatic carbocycles. The average molecular weight is 448 g/mol. The molecule has 1 atom stereocenters. The number of esters is 1. The Bertz CT molecular complexity index is 853. The van der Waals surface area contributed by atoms with E-state index < -0.39 is 35.5 Å². The molecule has 2 rings (SSSR count). The van der Waals surface area contributed by atoms with Gasteiger partial charge in [-0.2, -0.15) is 0 Å². The molecule has 0 bridgehead atoms. The van der Waals surface area contributed by atoms with E-state index in [2.05, 4.69) is 15.4 Å². The van der Waals surface area contributed by atoms with Crippen molar-refractivity contribution < 1.29 is 28.7 Å². The van der Waals surface area contributed by atoms with Gasteiger partial charge in [-0.15, -0.1) is 0 Å². The third kappa shape index (κ3) is 7.55. The summed E-state index contributed by atoms with van der Waals surface area (Å²) in [5.74, 6) is -1.48. The lowest BCUT2D eigenvalue weighted by atomic mass is 9.99. The lowest BCUT2D eigenvalue weighted by molar-refractivity contribution is -0.144. The van der Waals surface area contributed by atoms with Crippen LogP contribution in [0.1, 0.15) is 56.3 Å². The molecule has 1 saturated carbocycles. The second-order valence-electron chi connectivity index (χ2n) is 9.01. The highest BCUT2D eigenvalue weighted by Gasteiger charge is 2.41. The number of ether oxygens (including phenoxy) is 2. The molecule has 9 heteroatoms. The number of nitrogens with one attached hydrogen (secondary N) is 2. The van der Waals surface area contributed by atoms with Crippen molar-refractivity contribution in [3.8, 4) is 0 Å². The van der Waals surface area contributed by atoms with Gasteiger partial charge in [0, 0.05) is 6.04 Å². The van der Waals surface area contributed by atoms with Crippen LogP contribution in [0.5, 0.6) is 0 Å². The standard InChI is InChI=1S/C23H33N3O6/c1-14-9-15(2)11-16(10-14)20(21(29)24-13-19(28)31-6)26(17-7-8-17)18(27)12-25-22(30)32-23(3,4)5/h9-11,17,20H,7-8,12-13H2,1-6H3,(H,24,29)(H,25,30). The average Bonchev–Trinajstić information content (AvgIpc) is 3.50. The normalized spacial score (nSPS) is 14.2. The van der Waals surface area contributed by atoms with Crippen LogP contribution in [0.4, 0.5) is 4.79 Å². The van der Waals surface area contributed by atoms with Gasteiger partial charge >= 0.3 is 12.1 Å². The van der Waals surface area contributed by atoms with E-state index >= 15 is 0 Å². The van der Waals surface area contributed by atoms with E-state index in [0.29, 0.717) is 5.56 Å². The summed E-state index contributed by atoms with van der Waals surface area (Å²) in [5, 5.41) is 5.04. The summed E-state index contributed by atoms with van der Waals surface area (Å²) < 4.78 is 9.79. The Balaban J connectivity index is 2.28. The maximum atomic E-state index is 13.2. The summed E-state index contributed by atoms with van der Waals surface area (Å²) in [7, 11) is 1.23. The van der Waals surface area contributed by atoms with Crippen LogP contribution in [-0.4, -0.2) is 60.6 Å². The molecule has 3 amide bonds. The van der Waals surface area contributed by atoms with Crippen LogP contribution >= 0.6 is 0 Å². The van der Waals surface area contributed by atoms with Crippen molar-refractivity contribution in [3.05, 3.63) is 34.9 Å². The second-order valence-corrected chi connectivity index (χ2v) is 9.01. The lowest BCUT2D eigenvalue weighted by Gasteiger charge is -2.32.